The molecule has 0 saturated heterocycles. The van der Waals surface area contributed by atoms with Gasteiger partial charge in [-0.05, 0) is 29.8 Å². The zero-order valence-corrected chi connectivity index (χ0v) is 11.1. The highest BCUT2D eigenvalue weighted by Crippen LogP contribution is 2.23. The summed E-state index contributed by atoms with van der Waals surface area (Å²) >= 11 is 1.68. The Bertz CT molecular complexity index is 659. The fraction of sp³-hybridized carbons (Fsp3) is 0.0667. The maximum Gasteiger partial charge on any atom is 0.0976 e. The van der Waals surface area contributed by atoms with Crippen LogP contribution in [0.3, 0.4) is 0 Å². The van der Waals surface area contributed by atoms with E-state index in [0.29, 0.717) is 0 Å². The van der Waals surface area contributed by atoms with Crippen LogP contribution < -0.4 is 5.73 Å². The lowest BCUT2D eigenvalue weighted by atomic mass is 10.1. The van der Waals surface area contributed by atoms with Crippen molar-refractivity contribution in [3.8, 4) is 11.3 Å². The standard InChI is InChI=1S/C15H13N3S/c16-13-3-1-11(2-4-13)9-15-18-14(10-19-15)12-5-7-17-8-6-12/h1-8,10H,9,16H2. The third-order valence-electron chi connectivity index (χ3n) is 2.86. The first-order chi connectivity index (χ1) is 9.31. The van der Waals surface area contributed by atoms with E-state index in [1.165, 1.54) is 5.56 Å². The van der Waals surface area contributed by atoms with Crippen LogP contribution in [0.25, 0.3) is 11.3 Å². The first kappa shape index (κ1) is 11.9. The largest absolute Gasteiger partial charge is 0.399 e. The number of hydrogen-bond acceptors (Lipinski definition) is 4. The van der Waals surface area contributed by atoms with Crippen molar-refractivity contribution < 1.29 is 0 Å². The lowest BCUT2D eigenvalue weighted by molar-refractivity contribution is 1.14. The zero-order valence-electron chi connectivity index (χ0n) is 10.3. The van der Waals surface area contributed by atoms with E-state index < -0.39 is 0 Å². The summed E-state index contributed by atoms with van der Waals surface area (Å²) < 4.78 is 0. The summed E-state index contributed by atoms with van der Waals surface area (Å²) in [6, 6.07) is 11.9. The average Bonchev–Trinajstić information content (AvgIpc) is 2.91. The molecule has 2 N–H and O–H groups in total. The molecule has 1 aromatic carbocycles. The van der Waals surface area contributed by atoms with Crippen LogP contribution in [0, 0.1) is 0 Å². The highest BCUT2D eigenvalue weighted by atomic mass is 32.1. The SMILES string of the molecule is Nc1ccc(Cc2nc(-c3ccncc3)cs2)cc1. The molecule has 2 aromatic heterocycles. The van der Waals surface area contributed by atoms with Crippen molar-refractivity contribution in [1.82, 2.24) is 9.97 Å². The van der Waals surface area contributed by atoms with E-state index in [9.17, 15) is 0 Å². The Morgan fingerprint density at radius 2 is 1.74 bits per heavy atom. The normalized spacial score (nSPS) is 10.5. The van der Waals surface area contributed by atoms with Gasteiger partial charge in [0.05, 0.1) is 10.7 Å². The second kappa shape index (κ2) is 5.20. The maximum absolute atomic E-state index is 5.68. The van der Waals surface area contributed by atoms with Crippen molar-refractivity contribution in [2.75, 3.05) is 5.73 Å². The molecule has 0 aliphatic rings. The number of pyridine rings is 1. The van der Waals surface area contributed by atoms with Crippen molar-refractivity contribution in [3.05, 3.63) is 64.7 Å². The van der Waals surface area contributed by atoms with E-state index in [2.05, 4.69) is 15.3 Å². The molecule has 19 heavy (non-hydrogen) atoms. The van der Waals surface area contributed by atoms with Crippen molar-refractivity contribution in [2.24, 2.45) is 0 Å². The molecule has 0 unspecified atom stereocenters. The van der Waals surface area contributed by atoms with E-state index in [0.717, 1.165) is 28.4 Å². The van der Waals surface area contributed by atoms with E-state index in [1.54, 1.807) is 23.7 Å². The number of nitrogens with two attached hydrogens (primary N) is 1. The van der Waals surface area contributed by atoms with Crippen LogP contribution in [0.1, 0.15) is 10.6 Å². The molecule has 4 heteroatoms. The van der Waals surface area contributed by atoms with Crippen molar-refractivity contribution in [1.29, 1.82) is 0 Å². The quantitative estimate of drug-likeness (QED) is 0.740. The molecule has 0 bridgehead atoms. The van der Waals surface area contributed by atoms with Gasteiger partial charge >= 0.3 is 0 Å². The summed E-state index contributed by atoms with van der Waals surface area (Å²) in [6.45, 7) is 0. The second-order valence-corrected chi connectivity index (χ2v) is 5.22. The van der Waals surface area contributed by atoms with Gasteiger partial charge in [0.15, 0.2) is 0 Å². The van der Waals surface area contributed by atoms with Crippen LogP contribution in [-0.4, -0.2) is 9.97 Å². The minimum absolute atomic E-state index is 0.792. The second-order valence-electron chi connectivity index (χ2n) is 4.28. The van der Waals surface area contributed by atoms with Gasteiger partial charge in [-0.1, -0.05) is 12.1 Å². The van der Waals surface area contributed by atoms with Gasteiger partial charge < -0.3 is 5.73 Å². The fourth-order valence-electron chi connectivity index (χ4n) is 1.86. The molecule has 3 aromatic rings. The summed E-state index contributed by atoms with van der Waals surface area (Å²) in [5, 5.41) is 3.19. The molecule has 0 aliphatic carbocycles. The van der Waals surface area contributed by atoms with Crippen LogP contribution in [0.15, 0.2) is 54.2 Å². The molecular weight excluding hydrogens is 254 g/mol. The third kappa shape index (κ3) is 2.80. The Labute approximate surface area is 115 Å². The Kier molecular flexibility index (Phi) is 3.25. The Balaban J connectivity index is 1.80. The number of nitrogen functional groups attached to an aromatic ring is 1. The van der Waals surface area contributed by atoms with Gasteiger partial charge in [-0.15, -0.1) is 11.3 Å². The average molecular weight is 267 g/mol. The monoisotopic (exact) mass is 267 g/mol. The summed E-state index contributed by atoms with van der Waals surface area (Å²) in [6.07, 6.45) is 4.42. The Hall–Kier alpha value is -2.20. The fourth-order valence-corrected chi connectivity index (χ4v) is 2.69. The smallest absolute Gasteiger partial charge is 0.0976 e. The molecule has 0 spiro atoms. The molecule has 94 valence electrons. The molecule has 0 aliphatic heterocycles. The van der Waals surface area contributed by atoms with Crippen LogP contribution in [0.2, 0.25) is 0 Å². The number of anilines is 1. The molecule has 3 nitrogen and oxygen atoms in total. The molecule has 0 amide bonds. The molecule has 3 rings (SSSR count). The summed E-state index contributed by atoms with van der Waals surface area (Å²) in [5.41, 5.74) is 9.82. The molecule has 0 radical (unpaired) electrons. The molecule has 0 fully saturated rings. The molecule has 0 saturated carbocycles. The number of benzene rings is 1. The predicted molar refractivity (Wildman–Crippen MR) is 79.0 cm³/mol. The summed E-state index contributed by atoms with van der Waals surface area (Å²) in [7, 11) is 0. The van der Waals surface area contributed by atoms with Crippen molar-refractivity contribution in [2.45, 2.75) is 6.42 Å². The summed E-state index contributed by atoms with van der Waals surface area (Å²) in [5.74, 6) is 0. The molecular formula is C15H13N3S. The van der Waals surface area contributed by atoms with Crippen LogP contribution >= 0.6 is 11.3 Å². The van der Waals surface area contributed by atoms with Crippen molar-refractivity contribution in [3.63, 3.8) is 0 Å². The Morgan fingerprint density at radius 3 is 2.47 bits per heavy atom. The minimum Gasteiger partial charge on any atom is -0.399 e. The third-order valence-corrected chi connectivity index (χ3v) is 3.71. The van der Waals surface area contributed by atoms with Crippen LogP contribution in [0.5, 0.6) is 0 Å². The van der Waals surface area contributed by atoms with Crippen LogP contribution in [0.4, 0.5) is 5.69 Å². The van der Waals surface area contributed by atoms with E-state index in [-0.39, 0.29) is 0 Å². The van der Waals surface area contributed by atoms with Gasteiger partial charge in [-0.2, -0.15) is 0 Å². The number of rotatable bonds is 3. The minimum atomic E-state index is 0.792. The number of thiazole rings is 1. The zero-order chi connectivity index (χ0) is 13.1. The highest BCUT2D eigenvalue weighted by Gasteiger charge is 2.05. The summed E-state index contributed by atoms with van der Waals surface area (Å²) in [4.78, 5) is 8.68. The van der Waals surface area contributed by atoms with Gasteiger partial charge in [0.2, 0.25) is 0 Å². The number of aromatic nitrogens is 2. The first-order valence-electron chi connectivity index (χ1n) is 6.00. The van der Waals surface area contributed by atoms with Gasteiger partial charge in [0.25, 0.3) is 0 Å². The highest BCUT2D eigenvalue weighted by molar-refractivity contribution is 7.10. The number of nitrogens with zero attached hydrogens (tertiary/aromatic N) is 2. The van der Waals surface area contributed by atoms with Crippen LogP contribution in [-0.2, 0) is 6.42 Å². The lowest BCUT2D eigenvalue weighted by Gasteiger charge is -1.99. The van der Waals surface area contributed by atoms with Gasteiger partial charge in [-0.3, -0.25) is 4.98 Å². The maximum atomic E-state index is 5.68. The van der Waals surface area contributed by atoms with E-state index in [1.807, 2.05) is 36.4 Å². The predicted octanol–water partition coefficient (Wildman–Crippen LogP) is 3.38. The van der Waals surface area contributed by atoms with E-state index >= 15 is 0 Å². The molecule has 0 atom stereocenters. The topological polar surface area (TPSA) is 51.8 Å². The molecule has 2 heterocycles. The number of hydrogen-bond donors (Lipinski definition) is 1. The van der Waals surface area contributed by atoms with E-state index in [4.69, 9.17) is 5.73 Å². The van der Waals surface area contributed by atoms with Crippen molar-refractivity contribution >= 4 is 17.0 Å². The van der Waals surface area contributed by atoms with Gasteiger partial charge in [-0.25, -0.2) is 4.98 Å². The Morgan fingerprint density at radius 1 is 1.00 bits per heavy atom. The lowest BCUT2D eigenvalue weighted by Crippen LogP contribution is -1.89. The van der Waals surface area contributed by atoms with Gasteiger partial charge in [0, 0.05) is 35.4 Å². The van der Waals surface area contributed by atoms with Gasteiger partial charge in [0.1, 0.15) is 0 Å². The first-order valence-corrected chi connectivity index (χ1v) is 6.88.